The van der Waals surface area contributed by atoms with Gasteiger partial charge >= 0.3 is 0 Å². The zero-order valence-electron chi connectivity index (χ0n) is 25.5. The van der Waals surface area contributed by atoms with Crippen LogP contribution in [-0.4, -0.2) is 60.0 Å². The van der Waals surface area contributed by atoms with Crippen molar-refractivity contribution in [3.63, 3.8) is 0 Å². The first-order valence-electron chi connectivity index (χ1n) is 15.1. The number of imidazole rings is 1. The molecule has 222 valence electrons. The van der Waals surface area contributed by atoms with Gasteiger partial charge in [0.15, 0.2) is 0 Å². The maximum atomic E-state index is 11.3. The highest BCUT2D eigenvalue weighted by molar-refractivity contribution is 5.89. The number of carbonyl (C=O) groups excluding carboxylic acids is 2. The van der Waals surface area contributed by atoms with E-state index in [2.05, 4.69) is 26.9 Å². The number of rotatable bonds is 11. The number of nitrogens with two attached hydrogens (primary N) is 2. The van der Waals surface area contributed by atoms with Gasteiger partial charge in [-0.2, -0.15) is 0 Å². The number of nitrogen functional groups attached to an aromatic ring is 1. The Bertz CT molecular complexity index is 1080. The van der Waals surface area contributed by atoms with Gasteiger partial charge in [0.25, 0.3) is 0 Å². The zero-order chi connectivity index (χ0) is 29.5. The summed E-state index contributed by atoms with van der Waals surface area (Å²) in [5.41, 5.74) is 15.4. The van der Waals surface area contributed by atoms with Crippen molar-refractivity contribution in [2.45, 2.75) is 91.4 Å². The van der Waals surface area contributed by atoms with Crippen molar-refractivity contribution >= 4 is 23.6 Å². The zero-order valence-corrected chi connectivity index (χ0v) is 25.5. The molecule has 0 unspecified atom stereocenters. The minimum atomic E-state index is -0.0930. The van der Waals surface area contributed by atoms with Crippen LogP contribution in [0.25, 0.3) is 11.3 Å². The molecule has 1 saturated heterocycles. The second-order valence-corrected chi connectivity index (χ2v) is 11.1. The molecule has 0 bridgehead atoms. The Hall–Kier alpha value is -3.00. The summed E-state index contributed by atoms with van der Waals surface area (Å²) in [4.78, 5) is 36.4. The number of piperidine rings is 1. The summed E-state index contributed by atoms with van der Waals surface area (Å²) in [6, 6.07) is 5.90. The molecule has 0 atom stereocenters. The maximum Gasteiger partial charge on any atom is 0.220 e. The van der Waals surface area contributed by atoms with Crippen LogP contribution in [0.4, 0.5) is 5.69 Å². The van der Waals surface area contributed by atoms with E-state index < -0.39 is 0 Å². The van der Waals surface area contributed by atoms with Gasteiger partial charge in [-0.3, -0.25) is 14.6 Å². The second kappa shape index (κ2) is 17.0. The number of nitrogens with zero attached hydrogens (tertiary/aromatic N) is 3. The van der Waals surface area contributed by atoms with Gasteiger partial charge in [0.2, 0.25) is 5.91 Å². The third kappa shape index (κ3) is 10.2. The van der Waals surface area contributed by atoms with E-state index >= 15 is 0 Å². The van der Waals surface area contributed by atoms with Crippen LogP contribution in [0.2, 0.25) is 0 Å². The van der Waals surface area contributed by atoms with Crippen LogP contribution in [0.15, 0.2) is 29.4 Å². The average Bonchev–Trinajstić information content (AvgIpc) is 3.41. The van der Waals surface area contributed by atoms with Crippen LogP contribution < -0.4 is 11.5 Å². The van der Waals surface area contributed by atoms with Gasteiger partial charge in [0.1, 0.15) is 11.6 Å². The number of aliphatic imine (C=N–C) groups is 1. The number of primary amides is 1. The van der Waals surface area contributed by atoms with Crippen molar-refractivity contribution in [2.24, 2.45) is 22.1 Å². The minimum Gasteiger partial charge on any atom is -0.398 e. The lowest BCUT2D eigenvalue weighted by atomic mass is 9.57. The molecule has 0 radical (unpaired) electrons. The molecule has 1 saturated carbocycles. The fourth-order valence-corrected chi connectivity index (χ4v) is 5.46. The van der Waals surface area contributed by atoms with Crippen LogP contribution in [0.5, 0.6) is 0 Å². The van der Waals surface area contributed by atoms with Crippen molar-refractivity contribution in [3.8, 4) is 11.3 Å². The molecule has 2 aromatic rings. The van der Waals surface area contributed by atoms with Crippen molar-refractivity contribution in [1.82, 2.24) is 14.9 Å². The molecule has 1 spiro atoms. The fraction of sp³-hybridized carbons (Fsp3) is 0.625. The number of aromatic amines is 1. The van der Waals surface area contributed by atoms with Crippen LogP contribution in [0.3, 0.4) is 0 Å². The number of unbranched alkanes of at least 4 members (excludes halogenated alkanes) is 3. The Morgan fingerprint density at radius 3 is 2.45 bits per heavy atom. The monoisotopic (exact) mass is 552 g/mol. The first-order chi connectivity index (χ1) is 19.2. The second-order valence-electron chi connectivity index (χ2n) is 11.1. The largest absolute Gasteiger partial charge is 0.398 e. The van der Waals surface area contributed by atoms with E-state index in [0.29, 0.717) is 17.6 Å². The third-order valence-electron chi connectivity index (χ3n) is 8.12. The van der Waals surface area contributed by atoms with E-state index in [4.69, 9.17) is 11.5 Å². The maximum absolute atomic E-state index is 11.3. The van der Waals surface area contributed by atoms with Gasteiger partial charge in [-0.25, -0.2) is 4.98 Å². The third-order valence-corrected chi connectivity index (χ3v) is 8.12. The van der Waals surface area contributed by atoms with Gasteiger partial charge in [0, 0.05) is 55.3 Å². The minimum absolute atomic E-state index is 0.0930. The highest BCUT2D eigenvalue weighted by Gasteiger charge is 2.47. The molecule has 8 nitrogen and oxygen atoms in total. The average molecular weight is 553 g/mol. The number of hydrogen-bond donors (Lipinski definition) is 3. The quantitative estimate of drug-likeness (QED) is 0.184. The Balaban J connectivity index is 0.000000311. The molecule has 5 N–H and O–H groups in total. The number of amides is 1. The van der Waals surface area contributed by atoms with Gasteiger partial charge in [-0.15, -0.1) is 0 Å². The summed E-state index contributed by atoms with van der Waals surface area (Å²) in [6.45, 7) is 8.30. The molecule has 2 aliphatic rings. The summed E-state index contributed by atoms with van der Waals surface area (Å²) < 4.78 is 0. The van der Waals surface area contributed by atoms with Gasteiger partial charge in [0.05, 0.1) is 11.9 Å². The molecular formula is C32H52N6O2. The van der Waals surface area contributed by atoms with Crippen LogP contribution in [-0.2, 0) is 16.0 Å². The molecule has 8 heteroatoms. The number of anilines is 1. The van der Waals surface area contributed by atoms with E-state index in [0.717, 1.165) is 79.7 Å². The lowest BCUT2D eigenvalue weighted by Crippen LogP contribution is -2.49. The molecule has 2 heterocycles. The predicted octanol–water partition coefficient (Wildman–Crippen LogP) is 5.80. The number of ketones is 1. The molecule has 1 aromatic carbocycles. The first-order valence-corrected chi connectivity index (χ1v) is 15.1. The molecule has 1 aromatic heterocycles. The number of H-pyrrole nitrogens is 1. The smallest absolute Gasteiger partial charge is 0.220 e. The van der Waals surface area contributed by atoms with Crippen molar-refractivity contribution in [1.29, 1.82) is 0 Å². The van der Waals surface area contributed by atoms with E-state index in [1.165, 1.54) is 25.9 Å². The van der Waals surface area contributed by atoms with E-state index in [9.17, 15) is 9.59 Å². The van der Waals surface area contributed by atoms with Crippen molar-refractivity contribution < 1.29 is 9.59 Å². The summed E-state index contributed by atoms with van der Waals surface area (Å²) >= 11 is 0. The van der Waals surface area contributed by atoms with Gasteiger partial charge in [-0.05, 0) is 76.2 Å². The number of hydrogen-bond acceptors (Lipinski definition) is 6. The van der Waals surface area contributed by atoms with E-state index in [1.807, 2.05) is 45.2 Å². The number of benzene rings is 1. The summed E-state index contributed by atoms with van der Waals surface area (Å²) in [7, 11) is 3.90. The SMILES string of the molecule is CC.CCC(=O)CCCCCCc1ncc(-c2ccc(N)c(C=NC)c2)[nH]1.CN1CCC2(CC1)CC(C(N)=O)C2. The fourth-order valence-electron chi connectivity index (χ4n) is 5.46. The standard InChI is InChI=1S/C20H28N4O.C10H18N2O.C2H6/c1-3-17(25)8-6-4-5-7-9-20-23-14-19(24-20)15-10-11-18(21)16(12-15)13-22-2;1-12-4-2-10(3-5-12)6-8(7-10)9(11)13;1-2/h10-14H,3-9,21H2,1-2H3,(H,23,24);8H,2-7H2,1H3,(H2,11,13);1-2H3. The molecule has 1 amide bonds. The number of likely N-dealkylation sites (tertiary alicyclic amines) is 1. The van der Waals surface area contributed by atoms with Crippen molar-refractivity contribution in [2.75, 3.05) is 32.9 Å². The highest BCUT2D eigenvalue weighted by atomic mass is 16.1. The molecular weight excluding hydrogens is 500 g/mol. The first kappa shape index (κ1) is 33.2. The molecule has 40 heavy (non-hydrogen) atoms. The summed E-state index contributed by atoms with van der Waals surface area (Å²) in [6.07, 6.45) is 14.9. The number of aryl methyl sites for hydroxylation is 1. The molecule has 1 aliphatic heterocycles. The number of carbonyl (C=O) groups is 2. The number of aromatic nitrogens is 2. The Morgan fingerprint density at radius 1 is 1.15 bits per heavy atom. The lowest BCUT2D eigenvalue weighted by molar-refractivity contribution is -0.131. The molecule has 4 rings (SSSR count). The topological polar surface area (TPSA) is 130 Å². The molecule has 1 aliphatic carbocycles. The lowest BCUT2D eigenvalue weighted by Gasteiger charge is -2.50. The normalized spacial score (nSPS) is 16.5. The molecule has 2 fully saturated rings. The number of Topliss-reactive ketones (excluding diaryl/α,β-unsaturated/α-hetero) is 1. The number of nitrogens with one attached hydrogen (secondary N) is 1. The van der Waals surface area contributed by atoms with Crippen LogP contribution in [0.1, 0.15) is 96.4 Å². The van der Waals surface area contributed by atoms with E-state index in [1.54, 1.807) is 13.3 Å². The Kier molecular flexibility index (Phi) is 14.1. The van der Waals surface area contributed by atoms with Crippen LogP contribution in [0, 0.1) is 11.3 Å². The summed E-state index contributed by atoms with van der Waals surface area (Å²) in [5.74, 6) is 1.46. The van der Waals surface area contributed by atoms with Gasteiger partial charge < -0.3 is 21.4 Å². The van der Waals surface area contributed by atoms with Crippen molar-refractivity contribution in [3.05, 3.63) is 35.8 Å². The highest BCUT2D eigenvalue weighted by Crippen LogP contribution is 2.52. The van der Waals surface area contributed by atoms with Gasteiger partial charge in [-0.1, -0.05) is 39.7 Å². The van der Waals surface area contributed by atoms with Crippen LogP contribution >= 0.6 is 0 Å². The Labute approximate surface area is 241 Å². The predicted molar refractivity (Wildman–Crippen MR) is 166 cm³/mol. The van der Waals surface area contributed by atoms with E-state index in [-0.39, 0.29) is 11.8 Å². The summed E-state index contributed by atoms with van der Waals surface area (Å²) in [5, 5.41) is 0. The Morgan fingerprint density at radius 2 is 1.82 bits per heavy atom.